The number of nitrogens with zero attached hydrogens (tertiary/aromatic N) is 1. The summed E-state index contributed by atoms with van der Waals surface area (Å²) in [6, 6.07) is 7.63. The quantitative estimate of drug-likeness (QED) is 0.849. The molecule has 1 heterocycles. The Labute approximate surface area is 102 Å². The molecule has 1 aliphatic heterocycles. The first-order chi connectivity index (χ1) is 8.22. The predicted molar refractivity (Wildman–Crippen MR) is 66.4 cm³/mol. The van der Waals surface area contributed by atoms with Crippen LogP contribution < -0.4 is 10.1 Å². The van der Waals surface area contributed by atoms with Crippen molar-refractivity contribution in [1.82, 2.24) is 10.2 Å². The lowest BCUT2D eigenvalue weighted by atomic mass is 10.1. The SMILES string of the molecule is CCOc1ccc(C(=O)N(C)C2CNC2)cc1. The number of hydrogen-bond acceptors (Lipinski definition) is 3. The van der Waals surface area contributed by atoms with Gasteiger partial charge in [-0.05, 0) is 31.2 Å². The van der Waals surface area contributed by atoms with E-state index in [1.807, 2.05) is 38.2 Å². The van der Waals surface area contributed by atoms with E-state index in [0.717, 1.165) is 18.8 Å². The Morgan fingerprint density at radius 1 is 1.41 bits per heavy atom. The van der Waals surface area contributed by atoms with Crippen LogP contribution in [-0.2, 0) is 0 Å². The smallest absolute Gasteiger partial charge is 0.253 e. The molecule has 1 fully saturated rings. The van der Waals surface area contributed by atoms with E-state index in [-0.39, 0.29) is 5.91 Å². The van der Waals surface area contributed by atoms with Crippen LogP contribution in [0.3, 0.4) is 0 Å². The molecule has 0 aliphatic carbocycles. The summed E-state index contributed by atoms with van der Waals surface area (Å²) in [6.07, 6.45) is 0. The van der Waals surface area contributed by atoms with Gasteiger partial charge in [0.05, 0.1) is 12.6 Å². The maximum Gasteiger partial charge on any atom is 0.253 e. The Morgan fingerprint density at radius 3 is 2.53 bits per heavy atom. The number of rotatable bonds is 4. The van der Waals surface area contributed by atoms with Crippen LogP contribution in [-0.4, -0.2) is 43.6 Å². The molecule has 1 aromatic rings. The lowest BCUT2D eigenvalue weighted by Gasteiger charge is -2.35. The third-order valence-electron chi connectivity index (χ3n) is 3.04. The molecule has 1 amide bonds. The predicted octanol–water partition coefficient (Wildman–Crippen LogP) is 1.13. The third kappa shape index (κ3) is 2.58. The van der Waals surface area contributed by atoms with E-state index in [1.54, 1.807) is 4.90 Å². The number of ether oxygens (including phenoxy) is 1. The number of hydrogen-bond donors (Lipinski definition) is 1. The Morgan fingerprint density at radius 2 is 2.06 bits per heavy atom. The van der Waals surface area contributed by atoms with Crippen molar-refractivity contribution in [3.05, 3.63) is 29.8 Å². The average Bonchev–Trinajstić information content (AvgIpc) is 2.27. The monoisotopic (exact) mass is 234 g/mol. The van der Waals surface area contributed by atoms with Crippen molar-refractivity contribution in [2.45, 2.75) is 13.0 Å². The van der Waals surface area contributed by atoms with E-state index in [4.69, 9.17) is 4.74 Å². The minimum absolute atomic E-state index is 0.0690. The molecule has 92 valence electrons. The number of likely N-dealkylation sites (N-methyl/N-ethyl adjacent to an activating group) is 1. The molecule has 0 spiro atoms. The second kappa shape index (κ2) is 5.19. The molecule has 1 aliphatic rings. The van der Waals surface area contributed by atoms with Crippen LogP contribution >= 0.6 is 0 Å². The van der Waals surface area contributed by atoms with Gasteiger partial charge in [-0.25, -0.2) is 0 Å². The summed E-state index contributed by atoms with van der Waals surface area (Å²) in [5, 5.41) is 3.16. The van der Waals surface area contributed by atoms with Gasteiger partial charge in [0.15, 0.2) is 0 Å². The highest BCUT2D eigenvalue weighted by atomic mass is 16.5. The molecule has 1 aromatic carbocycles. The van der Waals surface area contributed by atoms with Crippen LogP contribution in [0.15, 0.2) is 24.3 Å². The van der Waals surface area contributed by atoms with Crippen molar-refractivity contribution >= 4 is 5.91 Å². The molecular weight excluding hydrogens is 216 g/mol. The van der Waals surface area contributed by atoms with E-state index in [9.17, 15) is 4.79 Å². The zero-order valence-electron chi connectivity index (χ0n) is 10.3. The molecule has 17 heavy (non-hydrogen) atoms. The molecular formula is C13H18N2O2. The van der Waals surface area contributed by atoms with Gasteiger partial charge in [0.1, 0.15) is 5.75 Å². The highest BCUT2D eigenvalue weighted by Crippen LogP contribution is 2.15. The van der Waals surface area contributed by atoms with E-state index < -0.39 is 0 Å². The van der Waals surface area contributed by atoms with Crippen molar-refractivity contribution < 1.29 is 9.53 Å². The maximum atomic E-state index is 12.1. The van der Waals surface area contributed by atoms with Crippen molar-refractivity contribution in [1.29, 1.82) is 0 Å². The van der Waals surface area contributed by atoms with Gasteiger partial charge in [-0.2, -0.15) is 0 Å². The largest absolute Gasteiger partial charge is 0.494 e. The van der Waals surface area contributed by atoms with E-state index in [0.29, 0.717) is 18.2 Å². The van der Waals surface area contributed by atoms with E-state index >= 15 is 0 Å². The van der Waals surface area contributed by atoms with E-state index in [2.05, 4.69) is 5.32 Å². The summed E-state index contributed by atoms with van der Waals surface area (Å²) in [5.41, 5.74) is 0.711. The molecule has 0 aromatic heterocycles. The average molecular weight is 234 g/mol. The van der Waals surface area contributed by atoms with Crippen molar-refractivity contribution in [2.75, 3.05) is 26.7 Å². The first-order valence-corrected chi connectivity index (χ1v) is 5.93. The molecule has 0 radical (unpaired) electrons. The maximum absolute atomic E-state index is 12.1. The highest BCUT2D eigenvalue weighted by molar-refractivity contribution is 5.94. The summed E-state index contributed by atoms with van der Waals surface area (Å²) >= 11 is 0. The Hall–Kier alpha value is -1.55. The first-order valence-electron chi connectivity index (χ1n) is 5.93. The molecule has 4 nitrogen and oxygen atoms in total. The first kappa shape index (κ1) is 11.9. The second-order valence-electron chi connectivity index (χ2n) is 4.19. The Kier molecular flexibility index (Phi) is 3.64. The molecule has 0 saturated carbocycles. The molecule has 4 heteroatoms. The fourth-order valence-corrected chi connectivity index (χ4v) is 1.78. The van der Waals surface area contributed by atoms with Gasteiger partial charge in [0.25, 0.3) is 5.91 Å². The number of carbonyl (C=O) groups is 1. The van der Waals surface area contributed by atoms with Crippen molar-refractivity contribution in [3.8, 4) is 5.75 Å². The third-order valence-corrected chi connectivity index (χ3v) is 3.04. The Bertz CT molecular complexity index is 385. The fourth-order valence-electron chi connectivity index (χ4n) is 1.78. The molecule has 2 rings (SSSR count). The fraction of sp³-hybridized carbons (Fsp3) is 0.462. The summed E-state index contributed by atoms with van der Waals surface area (Å²) in [5.74, 6) is 0.872. The van der Waals surface area contributed by atoms with Crippen LogP contribution in [0.4, 0.5) is 0 Å². The minimum atomic E-state index is 0.0690. The molecule has 1 saturated heterocycles. The lowest BCUT2D eigenvalue weighted by Crippen LogP contribution is -2.57. The van der Waals surface area contributed by atoms with Gasteiger partial charge in [-0.15, -0.1) is 0 Å². The second-order valence-corrected chi connectivity index (χ2v) is 4.19. The van der Waals surface area contributed by atoms with Crippen LogP contribution in [0.5, 0.6) is 5.75 Å². The molecule has 0 unspecified atom stereocenters. The lowest BCUT2D eigenvalue weighted by molar-refractivity contribution is 0.0681. The van der Waals surface area contributed by atoms with Gasteiger partial charge in [0, 0.05) is 25.7 Å². The summed E-state index contributed by atoms with van der Waals surface area (Å²) < 4.78 is 5.35. The zero-order chi connectivity index (χ0) is 12.3. The zero-order valence-corrected chi connectivity index (χ0v) is 10.3. The van der Waals surface area contributed by atoms with Gasteiger partial charge in [0.2, 0.25) is 0 Å². The normalized spacial score (nSPS) is 15.2. The van der Waals surface area contributed by atoms with Gasteiger partial charge in [-0.1, -0.05) is 0 Å². The van der Waals surface area contributed by atoms with Crippen LogP contribution in [0, 0.1) is 0 Å². The summed E-state index contributed by atoms with van der Waals surface area (Å²) in [6.45, 7) is 4.36. The molecule has 0 atom stereocenters. The van der Waals surface area contributed by atoms with Crippen molar-refractivity contribution in [2.24, 2.45) is 0 Å². The van der Waals surface area contributed by atoms with Crippen LogP contribution in [0.25, 0.3) is 0 Å². The molecule has 1 N–H and O–H groups in total. The number of carbonyl (C=O) groups excluding carboxylic acids is 1. The number of benzene rings is 1. The number of amides is 1. The van der Waals surface area contributed by atoms with Crippen LogP contribution in [0.1, 0.15) is 17.3 Å². The summed E-state index contributed by atoms with van der Waals surface area (Å²) in [4.78, 5) is 13.9. The van der Waals surface area contributed by atoms with Gasteiger partial charge >= 0.3 is 0 Å². The topological polar surface area (TPSA) is 41.6 Å². The summed E-state index contributed by atoms with van der Waals surface area (Å²) in [7, 11) is 1.85. The Balaban J connectivity index is 2.03. The minimum Gasteiger partial charge on any atom is -0.494 e. The molecule has 0 bridgehead atoms. The van der Waals surface area contributed by atoms with Gasteiger partial charge < -0.3 is 15.0 Å². The number of nitrogens with one attached hydrogen (secondary N) is 1. The van der Waals surface area contributed by atoms with Crippen LogP contribution in [0.2, 0.25) is 0 Å². The van der Waals surface area contributed by atoms with E-state index in [1.165, 1.54) is 0 Å². The standard InChI is InChI=1S/C13H18N2O2/c1-3-17-12-6-4-10(5-7-12)13(16)15(2)11-8-14-9-11/h4-7,11,14H,3,8-9H2,1-2H3. The van der Waals surface area contributed by atoms with Crippen molar-refractivity contribution in [3.63, 3.8) is 0 Å². The van der Waals surface area contributed by atoms with Gasteiger partial charge in [-0.3, -0.25) is 4.79 Å². The highest BCUT2D eigenvalue weighted by Gasteiger charge is 2.25.